The fourth-order valence-corrected chi connectivity index (χ4v) is 2.41. The Balaban J connectivity index is 1.39. The molecule has 26 heavy (non-hydrogen) atoms. The molecule has 0 heterocycles. The molecule has 1 saturated carbocycles. The molecule has 1 aliphatic rings. The number of hydrogen-bond acceptors (Lipinski definition) is 3. The Bertz CT molecular complexity index is 740. The Kier molecular flexibility index (Phi) is 6.09. The maximum atomic E-state index is 11.6. The van der Waals surface area contributed by atoms with Crippen molar-refractivity contribution < 1.29 is 9.53 Å². The first kappa shape index (κ1) is 17.8. The topological polar surface area (TPSA) is 88.7 Å². The Morgan fingerprint density at radius 3 is 2.54 bits per heavy atom. The molecular weight excluding hydrogens is 328 g/mol. The van der Waals surface area contributed by atoms with E-state index in [1.54, 1.807) is 0 Å². The summed E-state index contributed by atoms with van der Waals surface area (Å²) in [4.78, 5) is 15.9. The number of guanidine groups is 1. The summed E-state index contributed by atoms with van der Waals surface area (Å²) in [7, 11) is 0. The van der Waals surface area contributed by atoms with Gasteiger partial charge < -0.3 is 21.1 Å². The van der Waals surface area contributed by atoms with Crippen LogP contribution in [0, 0.1) is 0 Å². The summed E-state index contributed by atoms with van der Waals surface area (Å²) in [5.41, 5.74) is 7.93. The smallest absolute Gasteiger partial charge is 0.258 e. The number of ether oxygens (including phenoxy) is 1. The van der Waals surface area contributed by atoms with Gasteiger partial charge in [0, 0.05) is 18.3 Å². The van der Waals surface area contributed by atoms with E-state index < -0.39 is 0 Å². The zero-order valence-corrected chi connectivity index (χ0v) is 14.7. The fraction of sp³-hybridized carbons (Fsp3) is 0.300. The van der Waals surface area contributed by atoms with Crippen LogP contribution in [0.5, 0.6) is 5.75 Å². The average Bonchev–Trinajstić information content (AvgIpc) is 3.46. The molecule has 0 bridgehead atoms. The fourth-order valence-electron chi connectivity index (χ4n) is 2.41. The molecule has 2 aromatic carbocycles. The number of hydrogen-bond donors (Lipinski definition) is 3. The lowest BCUT2D eigenvalue weighted by molar-refractivity contribution is -0.123. The largest absolute Gasteiger partial charge is 0.484 e. The molecule has 6 heteroatoms. The summed E-state index contributed by atoms with van der Waals surface area (Å²) < 4.78 is 5.49. The van der Waals surface area contributed by atoms with Gasteiger partial charge in [0.1, 0.15) is 5.75 Å². The third-order valence-corrected chi connectivity index (χ3v) is 3.96. The second-order valence-corrected chi connectivity index (χ2v) is 6.28. The minimum absolute atomic E-state index is 0.0574. The molecule has 0 atom stereocenters. The molecule has 0 aliphatic heterocycles. The van der Waals surface area contributed by atoms with Crippen molar-refractivity contribution in [3.05, 3.63) is 60.2 Å². The first-order valence-corrected chi connectivity index (χ1v) is 8.82. The molecule has 136 valence electrons. The number of rotatable bonds is 8. The molecule has 0 aromatic heterocycles. The van der Waals surface area contributed by atoms with Crippen LogP contribution >= 0.6 is 0 Å². The van der Waals surface area contributed by atoms with Crippen LogP contribution in [0.4, 0.5) is 5.69 Å². The van der Waals surface area contributed by atoms with Gasteiger partial charge in [0.15, 0.2) is 12.6 Å². The van der Waals surface area contributed by atoms with Gasteiger partial charge in [0.2, 0.25) is 0 Å². The van der Waals surface area contributed by atoms with Crippen molar-refractivity contribution >= 4 is 17.6 Å². The standard InChI is InChI=1S/C20H24N4O2/c21-20(24-16-4-2-1-3-5-16)22-13-12-15-6-10-18(11-7-15)26-14-19(25)23-17-8-9-17/h1-7,10-11,17H,8-9,12-14H2,(H,23,25)(H3,21,22,24). The molecule has 4 N–H and O–H groups in total. The minimum Gasteiger partial charge on any atom is -0.484 e. The Hall–Kier alpha value is -3.02. The summed E-state index contributed by atoms with van der Waals surface area (Å²) in [5.74, 6) is 1.03. The second-order valence-electron chi connectivity index (χ2n) is 6.28. The SMILES string of the molecule is NC(=NCCc1ccc(OCC(=O)NC2CC2)cc1)Nc1ccccc1. The number of nitrogens with one attached hydrogen (secondary N) is 2. The predicted octanol–water partition coefficient (Wildman–Crippen LogP) is 2.31. The van der Waals surface area contributed by atoms with Crippen molar-refractivity contribution in [1.29, 1.82) is 0 Å². The molecule has 1 fully saturated rings. The maximum Gasteiger partial charge on any atom is 0.258 e. The van der Waals surface area contributed by atoms with Crippen molar-refractivity contribution in [2.24, 2.45) is 10.7 Å². The molecule has 1 amide bonds. The number of para-hydroxylation sites is 1. The molecule has 0 unspecified atom stereocenters. The van der Waals surface area contributed by atoms with Crippen LogP contribution in [-0.4, -0.2) is 31.1 Å². The normalized spacial score (nSPS) is 13.9. The van der Waals surface area contributed by atoms with Gasteiger partial charge in [-0.25, -0.2) is 0 Å². The number of benzene rings is 2. The van der Waals surface area contributed by atoms with Crippen molar-refractivity contribution in [2.45, 2.75) is 25.3 Å². The highest BCUT2D eigenvalue weighted by molar-refractivity contribution is 5.92. The highest BCUT2D eigenvalue weighted by Crippen LogP contribution is 2.18. The van der Waals surface area contributed by atoms with Crippen LogP contribution in [0.15, 0.2) is 59.6 Å². The number of carbonyl (C=O) groups excluding carboxylic acids is 1. The van der Waals surface area contributed by atoms with E-state index in [0.717, 1.165) is 30.5 Å². The van der Waals surface area contributed by atoms with Crippen LogP contribution in [-0.2, 0) is 11.2 Å². The number of amides is 1. The van der Waals surface area contributed by atoms with E-state index in [1.807, 2.05) is 54.6 Å². The van der Waals surface area contributed by atoms with Crippen molar-refractivity contribution in [3.63, 3.8) is 0 Å². The van der Waals surface area contributed by atoms with Crippen molar-refractivity contribution in [2.75, 3.05) is 18.5 Å². The van der Waals surface area contributed by atoms with E-state index in [9.17, 15) is 4.79 Å². The van der Waals surface area contributed by atoms with Gasteiger partial charge in [-0.1, -0.05) is 30.3 Å². The molecule has 1 aliphatic carbocycles. The molecule has 3 rings (SSSR count). The van der Waals surface area contributed by atoms with Crippen LogP contribution < -0.4 is 21.1 Å². The minimum atomic E-state index is -0.0627. The molecule has 0 radical (unpaired) electrons. The summed E-state index contributed by atoms with van der Waals surface area (Å²) in [6.07, 6.45) is 2.93. The third-order valence-electron chi connectivity index (χ3n) is 3.96. The number of anilines is 1. The average molecular weight is 352 g/mol. The number of carbonyl (C=O) groups is 1. The van der Waals surface area contributed by atoms with Gasteiger partial charge in [0.05, 0.1) is 0 Å². The van der Waals surface area contributed by atoms with Gasteiger partial charge in [-0.2, -0.15) is 0 Å². The van der Waals surface area contributed by atoms with Crippen LogP contribution in [0.1, 0.15) is 18.4 Å². The summed E-state index contributed by atoms with van der Waals surface area (Å²) in [5, 5.41) is 5.95. The molecule has 2 aromatic rings. The lowest BCUT2D eigenvalue weighted by Crippen LogP contribution is -2.30. The Labute approximate surface area is 153 Å². The predicted molar refractivity (Wildman–Crippen MR) is 103 cm³/mol. The second kappa shape index (κ2) is 8.89. The van der Waals surface area contributed by atoms with Gasteiger partial charge >= 0.3 is 0 Å². The van der Waals surface area contributed by atoms with E-state index in [2.05, 4.69) is 15.6 Å². The van der Waals surface area contributed by atoms with Gasteiger partial charge in [0.25, 0.3) is 5.91 Å². The number of aliphatic imine (C=N–C) groups is 1. The van der Waals surface area contributed by atoms with E-state index in [-0.39, 0.29) is 12.5 Å². The number of nitrogens with two attached hydrogens (primary N) is 1. The van der Waals surface area contributed by atoms with Crippen LogP contribution in [0.3, 0.4) is 0 Å². The van der Waals surface area contributed by atoms with Gasteiger partial charge in [-0.15, -0.1) is 0 Å². The lowest BCUT2D eigenvalue weighted by Gasteiger charge is -2.08. The van der Waals surface area contributed by atoms with Crippen molar-refractivity contribution in [1.82, 2.24) is 5.32 Å². The van der Waals surface area contributed by atoms with E-state index in [0.29, 0.717) is 24.3 Å². The Morgan fingerprint density at radius 2 is 1.85 bits per heavy atom. The summed E-state index contributed by atoms with van der Waals surface area (Å²) in [6, 6.07) is 17.8. The lowest BCUT2D eigenvalue weighted by atomic mass is 10.1. The Morgan fingerprint density at radius 1 is 1.12 bits per heavy atom. The molecule has 0 spiro atoms. The molecule has 0 saturated heterocycles. The van der Waals surface area contributed by atoms with Gasteiger partial charge in [-0.3, -0.25) is 9.79 Å². The summed E-state index contributed by atoms with van der Waals surface area (Å²) in [6.45, 7) is 0.650. The van der Waals surface area contributed by atoms with Crippen LogP contribution in [0.25, 0.3) is 0 Å². The quantitative estimate of drug-likeness (QED) is 0.502. The number of nitrogens with zero attached hydrogens (tertiary/aromatic N) is 1. The first-order chi connectivity index (χ1) is 12.7. The summed E-state index contributed by atoms with van der Waals surface area (Å²) >= 11 is 0. The molecule has 6 nitrogen and oxygen atoms in total. The molecular formula is C20H24N4O2. The van der Waals surface area contributed by atoms with Gasteiger partial charge in [-0.05, 0) is 49.1 Å². The van der Waals surface area contributed by atoms with E-state index >= 15 is 0 Å². The van der Waals surface area contributed by atoms with Crippen LogP contribution in [0.2, 0.25) is 0 Å². The first-order valence-electron chi connectivity index (χ1n) is 8.82. The highest BCUT2D eigenvalue weighted by Gasteiger charge is 2.23. The van der Waals surface area contributed by atoms with E-state index in [4.69, 9.17) is 10.5 Å². The van der Waals surface area contributed by atoms with Crippen molar-refractivity contribution in [3.8, 4) is 5.75 Å². The van der Waals surface area contributed by atoms with E-state index in [1.165, 1.54) is 0 Å². The zero-order chi connectivity index (χ0) is 18.2. The monoisotopic (exact) mass is 352 g/mol. The highest BCUT2D eigenvalue weighted by atomic mass is 16.5. The third kappa shape index (κ3) is 6.12. The zero-order valence-electron chi connectivity index (χ0n) is 14.7. The maximum absolute atomic E-state index is 11.6.